The van der Waals surface area contributed by atoms with E-state index in [2.05, 4.69) is 12.2 Å². The first-order valence-corrected chi connectivity index (χ1v) is 7.59. The summed E-state index contributed by atoms with van der Waals surface area (Å²) in [5, 5.41) is 2.55. The second-order valence-corrected chi connectivity index (χ2v) is 5.77. The summed E-state index contributed by atoms with van der Waals surface area (Å²) in [4.78, 5) is 24.4. The van der Waals surface area contributed by atoms with Gasteiger partial charge in [0.2, 0.25) is 0 Å². The maximum atomic E-state index is 12.1. The van der Waals surface area contributed by atoms with Crippen LogP contribution in [-0.4, -0.2) is 30.8 Å². The molecular formula is C15H21NO3S. The van der Waals surface area contributed by atoms with Gasteiger partial charge in [0.05, 0.1) is 12.7 Å². The van der Waals surface area contributed by atoms with Crippen molar-refractivity contribution >= 4 is 23.6 Å². The Labute approximate surface area is 124 Å². The van der Waals surface area contributed by atoms with Crippen LogP contribution in [0.15, 0.2) is 29.2 Å². The molecule has 0 fully saturated rings. The van der Waals surface area contributed by atoms with Crippen LogP contribution in [0.2, 0.25) is 0 Å². The Morgan fingerprint density at radius 2 is 2.05 bits per heavy atom. The lowest BCUT2D eigenvalue weighted by Gasteiger charge is -2.12. The van der Waals surface area contributed by atoms with Crippen LogP contribution in [0.4, 0.5) is 0 Å². The zero-order valence-corrected chi connectivity index (χ0v) is 13.0. The molecule has 5 heteroatoms. The first kappa shape index (κ1) is 16.6. The minimum absolute atomic E-state index is 0.0985. The lowest BCUT2D eigenvalue weighted by Crippen LogP contribution is -2.25. The van der Waals surface area contributed by atoms with Crippen LogP contribution in [-0.2, 0) is 9.53 Å². The van der Waals surface area contributed by atoms with E-state index in [1.54, 1.807) is 13.0 Å². The second-order valence-electron chi connectivity index (χ2n) is 4.39. The molecule has 0 aliphatic carbocycles. The maximum absolute atomic E-state index is 12.1. The Kier molecular flexibility index (Phi) is 7.15. The molecule has 1 N–H and O–H groups in total. The van der Waals surface area contributed by atoms with Crippen molar-refractivity contribution in [3.05, 3.63) is 29.8 Å². The maximum Gasteiger partial charge on any atom is 0.318 e. The number of carbonyl (C=O) groups is 2. The number of hydrogen-bond acceptors (Lipinski definition) is 4. The standard InChI is InChI=1S/C15H21NO3S/c1-4-5-10-16-14(17)12-8-6-7-9-13(12)20-11(2)15(18)19-3/h6-9,11H,4-5,10H2,1-3H3,(H,16,17). The summed E-state index contributed by atoms with van der Waals surface area (Å²) >= 11 is 1.34. The number of carbonyl (C=O) groups excluding carboxylic acids is 2. The molecule has 4 nitrogen and oxygen atoms in total. The summed E-state index contributed by atoms with van der Waals surface area (Å²) in [5.41, 5.74) is 0.601. The van der Waals surface area contributed by atoms with E-state index in [9.17, 15) is 9.59 Å². The van der Waals surface area contributed by atoms with Crippen LogP contribution < -0.4 is 5.32 Å². The van der Waals surface area contributed by atoms with Crippen LogP contribution in [0.3, 0.4) is 0 Å². The first-order chi connectivity index (χ1) is 9.60. The van der Waals surface area contributed by atoms with Crippen molar-refractivity contribution in [2.75, 3.05) is 13.7 Å². The highest BCUT2D eigenvalue weighted by Crippen LogP contribution is 2.27. The van der Waals surface area contributed by atoms with Gasteiger partial charge in [-0.15, -0.1) is 11.8 Å². The molecule has 0 bridgehead atoms. The molecule has 1 amide bonds. The van der Waals surface area contributed by atoms with Gasteiger partial charge >= 0.3 is 5.97 Å². The fourth-order valence-corrected chi connectivity index (χ4v) is 2.65. The fraction of sp³-hybridized carbons (Fsp3) is 0.467. The summed E-state index contributed by atoms with van der Waals surface area (Å²) in [7, 11) is 1.36. The molecule has 1 aromatic rings. The van der Waals surface area contributed by atoms with Gasteiger partial charge < -0.3 is 10.1 Å². The highest BCUT2D eigenvalue weighted by molar-refractivity contribution is 8.00. The van der Waals surface area contributed by atoms with Gasteiger partial charge in [0, 0.05) is 11.4 Å². The molecule has 1 rings (SSSR count). The number of hydrogen-bond donors (Lipinski definition) is 1. The zero-order chi connectivity index (χ0) is 15.0. The van der Waals surface area contributed by atoms with Crippen molar-refractivity contribution in [3.63, 3.8) is 0 Å². The van der Waals surface area contributed by atoms with Crippen LogP contribution in [0, 0.1) is 0 Å². The van der Waals surface area contributed by atoms with Gasteiger partial charge in [0.25, 0.3) is 5.91 Å². The lowest BCUT2D eigenvalue weighted by atomic mass is 10.2. The van der Waals surface area contributed by atoms with Crippen molar-refractivity contribution in [2.24, 2.45) is 0 Å². The topological polar surface area (TPSA) is 55.4 Å². The Morgan fingerprint density at radius 3 is 2.70 bits per heavy atom. The number of methoxy groups -OCH3 is 1. The van der Waals surface area contributed by atoms with E-state index < -0.39 is 0 Å². The van der Waals surface area contributed by atoms with Crippen molar-refractivity contribution in [1.82, 2.24) is 5.32 Å². The van der Waals surface area contributed by atoms with Crippen LogP contribution in [0.25, 0.3) is 0 Å². The van der Waals surface area contributed by atoms with E-state index in [-0.39, 0.29) is 17.1 Å². The number of nitrogens with one attached hydrogen (secondary N) is 1. The Balaban J connectivity index is 2.77. The molecule has 20 heavy (non-hydrogen) atoms. The van der Waals surface area contributed by atoms with Crippen LogP contribution >= 0.6 is 11.8 Å². The van der Waals surface area contributed by atoms with Gasteiger partial charge in [-0.25, -0.2) is 0 Å². The molecule has 1 aromatic carbocycles. The average molecular weight is 295 g/mol. The highest BCUT2D eigenvalue weighted by atomic mass is 32.2. The molecule has 0 aliphatic rings. The smallest absolute Gasteiger partial charge is 0.318 e. The monoisotopic (exact) mass is 295 g/mol. The van der Waals surface area contributed by atoms with Crippen molar-refractivity contribution in [3.8, 4) is 0 Å². The summed E-state index contributed by atoms with van der Waals surface area (Å²) in [6, 6.07) is 7.29. The van der Waals surface area contributed by atoms with Crippen molar-refractivity contribution in [1.29, 1.82) is 0 Å². The van der Waals surface area contributed by atoms with E-state index >= 15 is 0 Å². The van der Waals surface area contributed by atoms with E-state index in [1.807, 2.05) is 18.2 Å². The predicted molar refractivity (Wildman–Crippen MR) is 81.0 cm³/mol. The van der Waals surface area contributed by atoms with E-state index in [0.717, 1.165) is 17.7 Å². The van der Waals surface area contributed by atoms with Crippen molar-refractivity contribution in [2.45, 2.75) is 36.8 Å². The zero-order valence-electron chi connectivity index (χ0n) is 12.1. The van der Waals surface area contributed by atoms with E-state index in [4.69, 9.17) is 4.74 Å². The Morgan fingerprint density at radius 1 is 1.35 bits per heavy atom. The molecule has 0 spiro atoms. The number of unbranched alkanes of at least 4 members (excludes halogenated alkanes) is 1. The molecule has 1 atom stereocenters. The van der Waals surface area contributed by atoms with E-state index in [0.29, 0.717) is 12.1 Å². The van der Waals surface area contributed by atoms with Gasteiger partial charge in [0.15, 0.2) is 0 Å². The predicted octanol–water partition coefficient (Wildman–Crippen LogP) is 2.87. The minimum atomic E-state index is -0.343. The summed E-state index contributed by atoms with van der Waals surface area (Å²) in [6.45, 7) is 4.51. The summed E-state index contributed by atoms with van der Waals surface area (Å²) in [5.74, 6) is -0.394. The molecule has 1 unspecified atom stereocenters. The van der Waals surface area contributed by atoms with Gasteiger partial charge in [-0.05, 0) is 25.5 Å². The number of thioether (sulfide) groups is 1. The molecule has 0 aliphatic heterocycles. The van der Waals surface area contributed by atoms with E-state index in [1.165, 1.54) is 18.9 Å². The number of rotatable bonds is 7. The number of esters is 1. The largest absolute Gasteiger partial charge is 0.468 e. The molecule has 0 radical (unpaired) electrons. The molecule has 0 saturated carbocycles. The lowest BCUT2D eigenvalue weighted by molar-refractivity contribution is -0.139. The minimum Gasteiger partial charge on any atom is -0.468 e. The van der Waals surface area contributed by atoms with Crippen LogP contribution in [0.5, 0.6) is 0 Å². The van der Waals surface area contributed by atoms with Gasteiger partial charge in [-0.2, -0.15) is 0 Å². The van der Waals surface area contributed by atoms with Crippen molar-refractivity contribution < 1.29 is 14.3 Å². The highest BCUT2D eigenvalue weighted by Gasteiger charge is 2.18. The number of ether oxygens (including phenoxy) is 1. The summed E-state index contributed by atoms with van der Waals surface area (Å²) in [6.07, 6.45) is 2.00. The van der Waals surface area contributed by atoms with Gasteiger partial charge in [-0.1, -0.05) is 25.5 Å². The third kappa shape index (κ3) is 4.89. The quantitative estimate of drug-likeness (QED) is 0.477. The third-order valence-electron chi connectivity index (χ3n) is 2.78. The normalized spacial score (nSPS) is 11.8. The number of benzene rings is 1. The van der Waals surface area contributed by atoms with Gasteiger partial charge in [0.1, 0.15) is 5.25 Å². The molecule has 110 valence electrons. The Bertz CT molecular complexity index is 462. The van der Waals surface area contributed by atoms with Gasteiger partial charge in [-0.3, -0.25) is 9.59 Å². The number of amides is 1. The molecule has 0 saturated heterocycles. The Hall–Kier alpha value is -1.49. The second kappa shape index (κ2) is 8.64. The SMILES string of the molecule is CCCCNC(=O)c1ccccc1SC(C)C(=O)OC. The third-order valence-corrected chi connectivity index (χ3v) is 3.94. The average Bonchev–Trinajstić information content (AvgIpc) is 2.47. The summed E-state index contributed by atoms with van der Waals surface area (Å²) < 4.78 is 4.70. The first-order valence-electron chi connectivity index (χ1n) is 6.71. The molecular weight excluding hydrogens is 274 g/mol. The molecule has 0 aromatic heterocycles. The molecule has 0 heterocycles. The van der Waals surface area contributed by atoms with Crippen LogP contribution in [0.1, 0.15) is 37.0 Å². The fourth-order valence-electron chi connectivity index (χ4n) is 1.64.